The van der Waals surface area contributed by atoms with Crippen molar-refractivity contribution in [1.29, 1.82) is 0 Å². The molecule has 0 fully saturated rings. The molecule has 17 heavy (non-hydrogen) atoms. The monoisotopic (exact) mass is 254 g/mol. The zero-order valence-electron chi connectivity index (χ0n) is 9.87. The number of carbonyl (C=O) groups is 2. The number of aliphatic carboxylic acids is 1. The maximum Gasteiger partial charge on any atom is 0.303 e. The Hall–Kier alpha value is -1.35. The van der Waals surface area contributed by atoms with Gasteiger partial charge in [-0.15, -0.1) is 0 Å². The molecule has 0 atom stereocenters. The highest BCUT2D eigenvalue weighted by Crippen LogP contribution is 2.27. The van der Waals surface area contributed by atoms with Gasteiger partial charge >= 0.3 is 5.97 Å². The van der Waals surface area contributed by atoms with Gasteiger partial charge in [0, 0.05) is 17.0 Å². The molecule has 4 heteroatoms. The van der Waals surface area contributed by atoms with Crippen molar-refractivity contribution in [2.24, 2.45) is 5.41 Å². The molecule has 1 N–H and O–H groups in total. The topological polar surface area (TPSA) is 54.4 Å². The second kappa shape index (κ2) is 5.32. The fourth-order valence-electron chi connectivity index (χ4n) is 1.64. The molecule has 0 aliphatic heterocycles. The van der Waals surface area contributed by atoms with E-state index in [4.69, 9.17) is 16.7 Å². The van der Waals surface area contributed by atoms with Crippen molar-refractivity contribution in [2.45, 2.75) is 26.7 Å². The Balaban J connectivity index is 2.72. The number of carboxylic acid groups (broad SMARTS) is 1. The predicted octanol–water partition coefficient (Wildman–Crippen LogP) is 3.41. The molecule has 1 rings (SSSR count). The zero-order valence-corrected chi connectivity index (χ0v) is 10.6. The van der Waals surface area contributed by atoms with Gasteiger partial charge in [-0.3, -0.25) is 9.59 Å². The molecule has 0 saturated carbocycles. The Kier molecular flexibility index (Phi) is 4.29. The van der Waals surface area contributed by atoms with Crippen LogP contribution < -0.4 is 0 Å². The zero-order chi connectivity index (χ0) is 13.1. The van der Waals surface area contributed by atoms with Crippen molar-refractivity contribution in [1.82, 2.24) is 0 Å². The molecule has 0 bridgehead atoms. The molecule has 0 aliphatic rings. The summed E-state index contributed by atoms with van der Waals surface area (Å²) in [6.07, 6.45) is 0.188. The lowest BCUT2D eigenvalue weighted by Crippen LogP contribution is -2.21. The van der Waals surface area contributed by atoms with Crippen LogP contribution in [0.2, 0.25) is 5.02 Å². The van der Waals surface area contributed by atoms with E-state index in [1.54, 1.807) is 38.1 Å². The lowest BCUT2D eigenvalue weighted by atomic mass is 9.82. The molecule has 0 aliphatic carbocycles. The summed E-state index contributed by atoms with van der Waals surface area (Å²) in [5.41, 5.74) is 0.0237. The van der Waals surface area contributed by atoms with E-state index in [1.807, 2.05) is 0 Å². The first-order valence-corrected chi connectivity index (χ1v) is 5.68. The van der Waals surface area contributed by atoms with Crippen molar-refractivity contribution in [2.75, 3.05) is 0 Å². The largest absolute Gasteiger partial charge is 0.481 e. The number of carboxylic acids is 1. The van der Waals surface area contributed by atoms with Gasteiger partial charge in [0.25, 0.3) is 0 Å². The van der Waals surface area contributed by atoms with Crippen LogP contribution >= 0.6 is 11.6 Å². The molecule has 0 aromatic heterocycles. The minimum absolute atomic E-state index is 0.0215. The van der Waals surface area contributed by atoms with Crippen LogP contribution in [-0.2, 0) is 4.79 Å². The fourth-order valence-corrected chi connectivity index (χ4v) is 1.77. The van der Waals surface area contributed by atoms with Crippen LogP contribution in [0, 0.1) is 5.41 Å². The Morgan fingerprint density at radius 1 is 1.18 bits per heavy atom. The van der Waals surface area contributed by atoms with E-state index in [0.29, 0.717) is 10.6 Å². The summed E-state index contributed by atoms with van der Waals surface area (Å²) in [6.45, 7) is 3.55. The van der Waals surface area contributed by atoms with Crippen molar-refractivity contribution in [3.63, 3.8) is 0 Å². The summed E-state index contributed by atoms with van der Waals surface area (Å²) >= 11 is 5.73. The smallest absolute Gasteiger partial charge is 0.303 e. The second-order valence-corrected chi connectivity index (χ2v) is 5.28. The highest BCUT2D eigenvalue weighted by Gasteiger charge is 2.25. The van der Waals surface area contributed by atoms with Crippen LogP contribution in [-0.4, -0.2) is 16.9 Å². The number of Topliss-reactive ketones (excluding diaryl/α,β-unsaturated/α-hetero) is 1. The Morgan fingerprint density at radius 2 is 1.71 bits per heavy atom. The number of ketones is 1. The Labute approximate surface area is 105 Å². The minimum atomic E-state index is -0.890. The lowest BCUT2D eigenvalue weighted by molar-refractivity contribution is -0.139. The number of rotatable bonds is 5. The minimum Gasteiger partial charge on any atom is -0.481 e. The SMILES string of the molecule is CC(C)(CC(=O)O)CC(=O)c1ccc(Cl)cc1. The van der Waals surface area contributed by atoms with Crippen LogP contribution in [0.5, 0.6) is 0 Å². The van der Waals surface area contributed by atoms with E-state index in [9.17, 15) is 9.59 Å². The third-order valence-electron chi connectivity index (χ3n) is 2.44. The summed E-state index contributed by atoms with van der Waals surface area (Å²) < 4.78 is 0. The molecular weight excluding hydrogens is 240 g/mol. The first kappa shape index (κ1) is 13.7. The van der Waals surface area contributed by atoms with Crippen molar-refractivity contribution < 1.29 is 14.7 Å². The molecule has 0 heterocycles. The van der Waals surface area contributed by atoms with Crippen molar-refractivity contribution in [3.05, 3.63) is 34.9 Å². The fraction of sp³-hybridized carbons (Fsp3) is 0.385. The van der Waals surface area contributed by atoms with Gasteiger partial charge in [-0.05, 0) is 29.7 Å². The first-order chi connectivity index (χ1) is 7.80. The number of halogens is 1. The van der Waals surface area contributed by atoms with Crippen LogP contribution in [0.4, 0.5) is 0 Å². The number of benzene rings is 1. The molecule has 0 saturated heterocycles. The molecule has 0 spiro atoms. The highest BCUT2D eigenvalue weighted by molar-refractivity contribution is 6.30. The van der Waals surface area contributed by atoms with Gasteiger partial charge in [0.2, 0.25) is 0 Å². The van der Waals surface area contributed by atoms with Gasteiger partial charge in [0.15, 0.2) is 5.78 Å². The maximum absolute atomic E-state index is 11.9. The first-order valence-electron chi connectivity index (χ1n) is 5.31. The van der Waals surface area contributed by atoms with Crippen molar-refractivity contribution in [3.8, 4) is 0 Å². The van der Waals surface area contributed by atoms with Crippen LogP contribution in [0.25, 0.3) is 0 Å². The van der Waals surface area contributed by atoms with Gasteiger partial charge in [-0.25, -0.2) is 0 Å². The van der Waals surface area contributed by atoms with Crippen molar-refractivity contribution >= 4 is 23.4 Å². The molecule has 1 aromatic carbocycles. The molecular formula is C13H15ClO3. The average Bonchev–Trinajstić information content (AvgIpc) is 2.15. The number of carbonyl (C=O) groups excluding carboxylic acids is 1. The van der Waals surface area contributed by atoms with E-state index in [-0.39, 0.29) is 18.6 Å². The van der Waals surface area contributed by atoms with Gasteiger partial charge < -0.3 is 5.11 Å². The summed E-state index contributed by atoms with van der Waals surface area (Å²) in [5, 5.41) is 9.32. The molecule has 3 nitrogen and oxygen atoms in total. The molecule has 0 unspecified atom stereocenters. The average molecular weight is 255 g/mol. The summed E-state index contributed by atoms with van der Waals surface area (Å²) in [5.74, 6) is -0.952. The molecule has 1 aromatic rings. The van der Waals surface area contributed by atoms with Crippen LogP contribution in [0.3, 0.4) is 0 Å². The van der Waals surface area contributed by atoms with Crippen LogP contribution in [0.15, 0.2) is 24.3 Å². The predicted molar refractivity (Wildman–Crippen MR) is 66.4 cm³/mol. The lowest BCUT2D eigenvalue weighted by Gasteiger charge is -2.21. The van der Waals surface area contributed by atoms with Gasteiger partial charge in [0.05, 0.1) is 6.42 Å². The highest BCUT2D eigenvalue weighted by atomic mass is 35.5. The van der Waals surface area contributed by atoms with Gasteiger partial charge in [-0.1, -0.05) is 25.4 Å². The normalized spacial score (nSPS) is 11.2. The quantitative estimate of drug-likeness (QED) is 0.819. The van der Waals surface area contributed by atoms with E-state index >= 15 is 0 Å². The van der Waals surface area contributed by atoms with E-state index in [0.717, 1.165) is 0 Å². The number of hydrogen-bond acceptors (Lipinski definition) is 2. The van der Waals surface area contributed by atoms with Gasteiger partial charge in [-0.2, -0.15) is 0 Å². The second-order valence-electron chi connectivity index (χ2n) is 4.84. The molecule has 0 amide bonds. The Morgan fingerprint density at radius 3 is 2.18 bits per heavy atom. The van der Waals surface area contributed by atoms with Crippen LogP contribution in [0.1, 0.15) is 37.0 Å². The molecule has 0 radical (unpaired) electrons. The maximum atomic E-state index is 11.9. The standard InChI is InChI=1S/C13H15ClO3/c1-13(2,8-12(16)17)7-11(15)9-3-5-10(14)6-4-9/h3-6H,7-8H2,1-2H3,(H,16,17). The third-order valence-corrected chi connectivity index (χ3v) is 2.69. The summed E-state index contributed by atoms with van der Waals surface area (Å²) in [4.78, 5) is 22.6. The third kappa shape index (κ3) is 4.57. The van der Waals surface area contributed by atoms with E-state index in [2.05, 4.69) is 0 Å². The van der Waals surface area contributed by atoms with E-state index in [1.165, 1.54) is 0 Å². The Bertz CT molecular complexity index is 421. The molecule has 92 valence electrons. The number of hydrogen-bond donors (Lipinski definition) is 1. The summed E-state index contributed by atoms with van der Waals surface area (Å²) in [7, 11) is 0. The summed E-state index contributed by atoms with van der Waals surface area (Å²) in [6, 6.07) is 6.61. The van der Waals surface area contributed by atoms with Gasteiger partial charge in [0.1, 0.15) is 0 Å². The van der Waals surface area contributed by atoms with E-state index < -0.39 is 11.4 Å².